The van der Waals surface area contributed by atoms with Gasteiger partial charge in [0.1, 0.15) is 5.75 Å². The van der Waals surface area contributed by atoms with E-state index in [0.717, 1.165) is 47.8 Å². The maximum Gasteiger partial charge on any atom is 0.276 e. The quantitative estimate of drug-likeness (QED) is 0.717. The first kappa shape index (κ1) is 22.5. The number of piperidine rings is 1. The molecule has 1 aromatic carbocycles. The summed E-state index contributed by atoms with van der Waals surface area (Å²) in [5, 5.41) is 11.8. The van der Waals surface area contributed by atoms with E-state index >= 15 is 0 Å². The molecule has 2 aromatic rings. The SMILES string of the molecule is COc1cc(CN(C)C(=O)c2nnn(C3CCNCC3)c2C)ccc1SC.Cl. The van der Waals surface area contributed by atoms with Gasteiger partial charge in [0.05, 0.1) is 18.8 Å². The van der Waals surface area contributed by atoms with Crippen LogP contribution in [0.25, 0.3) is 0 Å². The van der Waals surface area contributed by atoms with Gasteiger partial charge in [0.2, 0.25) is 0 Å². The topological polar surface area (TPSA) is 72.3 Å². The number of rotatable bonds is 6. The first-order valence-electron chi connectivity index (χ1n) is 9.14. The molecule has 0 saturated carbocycles. The van der Waals surface area contributed by atoms with E-state index in [0.29, 0.717) is 18.3 Å². The van der Waals surface area contributed by atoms with Crippen LogP contribution < -0.4 is 10.1 Å². The fraction of sp³-hybridized carbons (Fsp3) is 0.526. The molecule has 1 N–H and O–H groups in total. The van der Waals surface area contributed by atoms with Crippen LogP contribution in [0.3, 0.4) is 0 Å². The van der Waals surface area contributed by atoms with E-state index in [1.807, 2.05) is 36.1 Å². The third-order valence-corrected chi connectivity index (χ3v) is 5.78. The second kappa shape index (κ2) is 10.1. The summed E-state index contributed by atoms with van der Waals surface area (Å²) in [6.45, 7) is 4.37. The fourth-order valence-electron chi connectivity index (χ4n) is 3.44. The Kier molecular flexibility index (Phi) is 8.15. The average molecular weight is 426 g/mol. The van der Waals surface area contributed by atoms with Gasteiger partial charge in [-0.15, -0.1) is 29.3 Å². The first-order valence-corrected chi connectivity index (χ1v) is 10.4. The normalized spacial score (nSPS) is 14.4. The predicted octanol–water partition coefficient (Wildman–Crippen LogP) is 2.94. The van der Waals surface area contributed by atoms with E-state index in [1.54, 1.807) is 30.8 Å². The Bertz CT molecular complexity index is 808. The molecule has 3 rings (SSSR count). The first-order chi connectivity index (χ1) is 13.0. The van der Waals surface area contributed by atoms with Crippen LogP contribution in [0.1, 0.15) is 40.6 Å². The van der Waals surface area contributed by atoms with Crippen LogP contribution in [0, 0.1) is 6.92 Å². The summed E-state index contributed by atoms with van der Waals surface area (Å²) < 4.78 is 7.35. The van der Waals surface area contributed by atoms with Gasteiger partial charge < -0.3 is 15.0 Å². The van der Waals surface area contributed by atoms with Gasteiger partial charge >= 0.3 is 0 Å². The van der Waals surface area contributed by atoms with Crippen molar-refractivity contribution in [3.8, 4) is 5.75 Å². The number of methoxy groups -OCH3 is 1. The lowest BCUT2D eigenvalue weighted by molar-refractivity contribution is 0.0778. The Morgan fingerprint density at radius 3 is 2.75 bits per heavy atom. The third-order valence-electron chi connectivity index (χ3n) is 5.00. The van der Waals surface area contributed by atoms with Crippen LogP contribution in [0.2, 0.25) is 0 Å². The molecule has 0 spiro atoms. The van der Waals surface area contributed by atoms with Crippen LogP contribution in [0.4, 0.5) is 0 Å². The second-order valence-corrected chi connectivity index (χ2v) is 7.65. The summed E-state index contributed by atoms with van der Waals surface area (Å²) >= 11 is 1.64. The number of carbonyl (C=O) groups is 1. The zero-order valence-electron chi connectivity index (χ0n) is 16.8. The van der Waals surface area contributed by atoms with E-state index in [4.69, 9.17) is 4.74 Å². The number of carbonyl (C=O) groups excluding carboxylic acids is 1. The summed E-state index contributed by atoms with van der Waals surface area (Å²) in [7, 11) is 3.45. The third kappa shape index (κ3) is 4.79. The lowest BCUT2D eigenvalue weighted by atomic mass is 10.1. The predicted molar refractivity (Wildman–Crippen MR) is 114 cm³/mol. The zero-order chi connectivity index (χ0) is 19.4. The standard InChI is InChI=1S/C19H27N5O2S.ClH/c1-13-18(21-22-24(13)15-7-9-20-10-8-15)19(25)23(2)12-14-5-6-17(27-4)16(11-14)26-3;/h5-6,11,15,20H,7-10,12H2,1-4H3;1H. The van der Waals surface area contributed by atoms with Gasteiger partial charge in [0.15, 0.2) is 5.69 Å². The molecule has 2 heterocycles. The largest absolute Gasteiger partial charge is 0.496 e. The zero-order valence-corrected chi connectivity index (χ0v) is 18.4. The molecule has 1 saturated heterocycles. The summed E-state index contributed by atoms with van der Waals surface area (Å²) in [4.78, 5) is 15.7. The Labute approximate surface area is 176 Å². The maximum atomic E-state index is 12.9. The van der Waals surface area contributed by atoms with E-state index in [-0.39, 0.29) is 18.3 Å². The van der Waals surface area contributed by atoms with Crippen molar-refractivity contribution in [1.82, 2.24) is 25.2 Å². The molecule has 1 aliphatic rings. The summed E-state index contributed by atoms with van der Waals surface area (Å²) in [5.41, 5.74) is 2.29. The minimum Gasteiger partial charge on any atom is -0.496 e. The molecule has 28 heavy (non-hydrogen) atoms. The van der Waals surface area contributed by atoms with Crippen LogP contribution in [0.5, 0.6) is 5.75 Å². The molecular formula is C19H28ClN5O2S. The molecular weight excluding hydrogens is 398 g/mol. The number of halogens is 1. The highest BCUT2D eigenvalue weighted by molar-refractivity contribution is 7.98. The van der Waals surface area contributed by atoms with Crippen molar-refractivity contribution in [2.45, 2.75) is 37.2 Å². The molecule has 0 atom stereocenters. The maximum absolute atomic E-state index is 12.9. The minimum absolute atomic E-state index is 0. The number of benzene rings is 1. The number of nitrogens with zero attached hydrogens (tertiary/aromatic N) is 4. The highest BCUT2D eigenvalue weighted by Crippen LogP contribution is 2.29. The van der Waals surface area contributed by atoms with Crippen molar-refractivity contribution >= 4 is 30.1 Å². The van der Waals surface area contributed by atoms with E-state index in [1.165, 1.54) is 0 Å². The van der Waals surface area contributed by atoms with Crippen molar-refractivity contribution < 1.29 is 9.53 Å². The monoisotopic (exact) mass is 425 g/mol. The van der Waals surface area contributed by atoms with Crippen molar-refractivity contribution in [2.75, 3.05) is 33.5 Å². The van der Waals surface area contributed by atoms with Gasteiger partial charge in [-0.3, -0.25) is 4.79 Å². The Balaban J connectivity index is 0.00000280. The van der Waals surface area contributed by atoms with Gasteiger partial charge in [-0.05, 0) is 56.8 Å². The van der Waals surface area contributed by atoms with Crippen molar-refractivity contribution in [3.63, 3.8) is 0 Å². The van der Waals surface area contributed by atoms with Gasteiger partial charge in [0, 0.05) is 18.5 Å². The number of ether oxygens (including phenoxy) is 1. The second-order valence-electron chi connectivity index (χ2n) is 6.80. The van der Waals surface area contributed by atoms with Crippen molar-refractivity contribution in [2.24, 2.45) is 0 Å². The molecule has 1 amide bonds. The Hall–Kier alpha value is -1.77. The van der Waals surface area contributed by atoms with Crippen LogP contribution >= 0.6 is 24.2 Å². The Morgan fingerprint density at radius 2 is 2.11 bits per heavy atom. The number of thioether (sulfide) groups is 1. The van der Waals surface area contributed by atoms with E-state index in [9.17, 15) is 4.79 Å². The van der Waals surface area contributed by atoms with E-state index in [2.05, 4.69) is 15.6 Å². The number of hydrogen-bond donors (Lipinski definition) is 1. The van der Waals surface area contributed by atoms with Gasteiger partial charge in [0.25, 0.3) is 5.91 Å². The van der Waals surface area contributed by atoms with Crippen molar-refractivity contribution in [1.29, 1.82) is 0 Å². The molecule has 1 aliphatic heterocycles. The molecule has 0 radical (unpaired) electrons. The highest BCUT2D eigenvalue weighted by atomic mass is 35.5. The fourth-order valence-corrected chi connectivity index (χ4v) is 3.99. The number of aromatic nitrogens is 3. The molecule has 9 heteroatoms. The van der Waals surface area contributed by atoms with Crippen LogP contribution in [-0.2, 0) is 6.54 Å². The molecule has 1 fully saturated rings. The molecule has 0 bridgehead atoms. The smallest absolute Gasteiger partial charge is 0.276 e. The van der Waals surface area contributed by atoms with Crippen LogP contribution in [-0.4, -0.2) is 59.3 Å². The number of hydrogen-bond acceptors (Lipinski definition) is 6. The minimum atomic E-state index is -0.111. The molecule has 1 aromatic heterocycles. The van der Waals surface area contributed by atoms with Gasteiger partial charge in [-0.1, -0.05) is 11.3 Å². The van der Waals surface area contributed by atoms with E-state index < -0.39 is 0 Å². The molecule has 0 aliphatic carbocycles. The summed E-state index contributed by atoms with van der Waals surface area (Å²) in [6, 6.07) is 6.34. The number of amides is 1. The van der Waals surface area contributed by atoms with Gasteiger partial charge in [-0.2, -0.15) is 0 Å². The molecule has 0 unspecified atom stereocenters. The summed E-state index contributed by atoms with van der Waals surface area (Å²) in [6.07, 6.45) is 4.03. The highest BCUT2D eigenvalue weighted by Gasteiger charge is 2.24. The van der Waals surface area contributed by atoms with Crippen molar-refractivity contribution in [3.05, 3.63) is 35.2 Å². The number of nitrogens with one attached hydrogen (secondary N) is 1. The molecule has 7 nitrogen and oxygen atoms in total. The van der Waals surface area contributed by atoms with Gasteiger partial charge in [-0.25, -0.2) is 4.68 Å². The lowest BCUT2D eigenvalue weighted by Crippen LogP contribution is -2.30. The average Bonchev–Trinajstić information content (AvgIpc) is 3.09. The summed E-state index contributed by atoms with van der Waals surface area (Å²) in [5.74, 6) is 0.717. The molecule has 154 valence electrons. The Morgan fingerprint density at radius 1 is 1.39 bits per heavy atom. The van der Waals surface area contributed by atoms with Crippen LogP contribution in [0.15, 0.2) is 23.1 Å². The lowest BCUT2D eigenvalue weighted by Gasteiger charge is -2.23.